The first-order valence-corrected chi connectivity index (χ1v) is 7.73. The number of benzene rings is 1. The van der Waals surface area contributed by atoms with E-state index in [-0.39, 0.29) is 11.9 Å². The quantitative estimate of drug-likeness (QED) is 0.865. The Morgan fingerprint density at radius 3 is 2.61 bits per heavy atom. The van der Waals surface area contributed by atoms with E-state index in [1.54, 1.807) is 20.3 Å². The van der Waals surface area contributed by atoms with Gasteiger partial charge in [-0.25, -0.2) is 0 Å². The van der Waals surface area contributed by atoms with Crippen LogP contribution in [0.1, 0.15) is 40.8 Å². The molecule has 1 aliphatic heterocycles. The van der Waals surface area contributed by atoms with E-state index in [2.05, 4.69) is 0 Å². The Morgan fingerprint density at radius 2 is 1.96 bits per heavy atom. The van der Waals surface area contributed by atoms with Crippen LogP contribution >= 0.6 is 0 Å². The maximum atomic E-state index is 12.7. The summed E-state index contributed by atoms with van der Waals surface area (Å²) in [6.07, 6.45) is 1.91. The van der Waals surface area contributed by atoms with Crippen molar-refractivity contribution in [1.29, 1.82) is 0 Å². The fourth-order valence-electron chi connectivity index (χ4n) is 3.11. The van der Waals surface area contributed by atoms with Crippen molar-refractivity contribution in [3.8, 4) is 11.5 Å². The summed E-state index contributed by atoms with van der Waals surface area (Å²) in [6, 6.07) is 9.41. The van der Waals surface area contributed by atoms with Gasteiger partial charge in [-0.3, -0.25) is 4.79 Å². The second kappa shape index (κ2) is 6.36. The molecule has 1 saturated heterocycles. The lowest BCUT2D eigenvalue weighted by Gasteiger charge is -2.25. The first kappa shape index (κ1) is 15.5. The number of nitrogens with zero attached hydrogens (tertiary/aromatic N) is 1. The number of methoxy groups -OCH3 is 2. The molecular formula is C18H21NO4. The molecule has 3 rings (SSSR count). The van der Waals surface area contributed by atoms with Crippen LogP contribution in [0.25, 0.3) is 0 Å². The van der Waals surface area contributed by atoms with Gasteiger partial charge in [0.15, 0.2) is 17.3 Å². The second-order valence-corrected chi connectivity index (χ2v) is 5.68. The van der Waals surface area contributed by atoms with E-state index in [1.807, 2.05) is 36.1 Å². The smallest absolute Gasteiger partial charge is 0.290 e. The first-order valence-electron chi connectivity index (χ1n) is 7.73. The minimum Gasteiger partial charge on any atom is -0.493 e. The van der Waals surface area contributed by atoms with Gasteiger partial charge in [0.1, 0.15) is 5.76 Å². The second-order valence-electron chi connectivity index (χ2n) is 5.68. The van der Waals surface area contributed by atoms with E-state index >= 15 is 0 Å². The van der Waals surface area contributed by atoms with E-state index in [9.17, 15) is 4.79 Å². The normalized spacial score (nSPS) is 17.3. The van der Waals surface area contributed by atoms with Crippen molar-refractivity contribution in [3.63, 3.8) is 0 Å². The van der Waals surface area contributed by atoms with Gasteiger partial charge in [-0.05, 0) is 49.6 Å². The summed E-state index contributed by atoms with van der Waals surface area (Å²) in [5.41, 5.74) is 1.05. The van der Waals surface area contributed by atoms with E-state index in [0.717, 1.165) is 30.7 Å². The highest BCUT2D eigenvalue weighted by Crippen LogP contribution is 2.37. The third-order valence-electron chi connectivity index (χ3n) is 4.26. The number of carbonyl (C=O) groups excluding carboxylic acids is 1. The molecule has 0 spiro atoms. The van der Waals surface area contributed by atoms with Crippen LogP contribution in [0, 0.1) is 6.92 Å². The van der Waals surface area contributed by atoms with Crippen molar-refractivity contribution in [1.82, 2.24) is 4.90 Å². The molecule has 2 heterocycles. The molecule has 1 aromatic carbocycles. The number of rotatable bonds is 4. The lowest BCUT2D eigenvalue weighted by Crippen LogP contribution is -2.30. The lowest BCUT2D eigenvalue weighted by atomic mass is 10.0. The van der Waals surface area contributed by atoms with Gasteiger partial charge in [0, 0.05) is 6.54 Å². The van der Waals surface area contributed by atoms with E-state index in [1.165, 1.54) is 0 Å². The summed E-state index contributed by atoms with van der Waals surface area (Å²) in [7, 11) is 3.23. The summed E-state index contributed by atoms with van der Waals surface area (Å²) >= 11 is 0. The highest BCUT2D eigenvalue weighted by atomic mass is 16.5. The Hall–Kier alpha value is -2.43. The van der Waals surface area contributed by atoms with Gasteiger partial charge < -0.3 is 18.8 Å². The number of amides is 1. The first-order chi connectivity index (χ1) is 11.1. The van der Waals surface area contributed by atoms with E-state index < -0.39 is 0 Å². The van der Waals surface area contributed by atoms with Gasteiger partial charge in [-0.1, -0.05) is 6.07 Å². The standard InChI is InChI=1S/C18H21NO4/c1-12-6-8-16(23-12)18(20)19-10-4-5-14(19)13-7-9-15(21-2)17(11-13)22-3/h6-9,11,14H,4-5,10H2,1-3H3. The number of carbonyl (C=O) groups is 1. The molecule has 1 unspecified atom stereocenters. The zero-order valence-electron chi connectivity index (χ0n) is 13.7. The summed E-state index contributed by atoms with van der Waals surface area (Å²) in [5, 5.41) is 0. The molecule has 0 N–H and O–H groups in total. The summed E-state index contributed by atoms with van der Waals surface area (Å²) < 4.78 is 16.1. The maximum Gasteiger partial charge on any atom is 0.290 e. The largest absolute Gasteiger partial charge is 0.493 e. The predicted molar refractivity (Wildman–Crippen MR) is 86.0 cm³/mol. The highest BCUT2D eigenvalue weighted by molar-refractivity contribution is 5.92. The van der Waals surface area contributed by atoms with Crippen LogP contribution < -0.4 is 9.47 Å². The van der Waals surface area contributed by atoms with Crippen molar-refractivity contribution in [2.75, 3.05) is 20.8 Å². The number of hydrogen-bond donors (Lipinski definition) is 0. The third kappa shape index (κ3) is 2.91. The van der Waals surface area contributed by atoms with Crippen LogP contribution in [-0.4, -0.2) is 31.6 Å². The van der Waals surface area contributed by atoms with Crippen LogP contribution in [0.4, 0.5) is 0 Å². The van der Waals surface area contributed by atoms with Crippen LogP contribution in [0.5, 0.6) is 11.5 Å². The van der Waals surface area contributed by atoms with E-state index in [0.29, 0.717) is 17.3 Å². The third-order valence-corrected chi connectivity index (χ3v) is 4.26. The molecule has 0 bridgehead atoms. The fourth-order valence-corrected chi connectivity index (χ4v) is 3.11. The predicted octanol–water partition coefficient (Wildman–Crippen LogP) is 3.58. The minimum absolute atomic E-state index is 0.0349. The van der Waals surface area contributed by atoms with Crippen molar-refractivity contribution >= 4 is 5.91 Å². The van der Waals surface area contributed by atoms with Crippen molar-refractivity contribution in [2.45, 2.75) is 25.8 Å². The number of likely N-dealkylation sites (tertiary alicyclic amines) is 1. The number of furan rings is 1. The Kier molecular flexibility index (Phi) is 4.28. The van der Waals surface area contributed by atoms with Gasteiger partial charge >= 0.3 is 0 Å². The van der Waals surface area contributed by atoms with E-state index in [4.69, 9.17) is 13.9 Å². The molecule has 0 radical (unpaired) electrons. The Labute approximate surface area is 135 Å². The molecule has 1 atom stereocenters. The molecule has 0 aliphatic carbocycles. The summed E-state index contributed by atoms with van der Waals surface area (Å²) in [4.78, 5) is 14.6. The van der Waals surface area contributed by atoms with Crippen molar-refractivity contribution < 1.29 is 18.7 Å². The average Bonchev–Trinajstić information content (AvgIpc) is 3.22. The maximum absolute atomic E-state index is 12.7. The Morgan fingerprint density at radius 1 is 1.17 bits per heavy atom. The Bertz CT molecular complexity index is 707. The van der Waals surface area contributed by atoms with Crippen LogP contribution in [0.2, 0.25) is 0 Å². The molecule has 0 saturated carbocycles. The molecule has 1 aromatic heterocycles. The van der Waals surface area contributed by atoms with Crippen LogP contribution in [0.3, 0.4) is 0 Å². The number of aryl methyl sites for hydroxylation is 1. The molecule has 2 aromatic rings. The van der Waals surface area contributed by atoms with Crippen molar-refractivity contribution in [2.24, 2.45) is 0 Å². The fraction of sp³-hybridized carbons (Fsp3) is 0.389. The monoisotopic (exact) mass is 315 g/mol. The molecular weight excluding hydrogens is 294 g/mol. The van der Waals surface area contributed by atoms with Crippen LogP contribution in [-0.2, 0) is 0 Å². The SMILES string of the molecule is COc1ccc(C2CCCN2C(=O)c2ccc(C)o2)cc1OC. The summed E-state index contributed by atoms with van der Waals surface area (Å²) in [6.45, 7) is 2.57. The van der Waals surface area contributed by atoms with Gasteiger partial charge in [-0.2, -0.15) is 0 Å². The molecule has 5 heteroatoms. The summed E-state index contributed by atoms with van der Waals surface area (Å²) in [5.74, 6) is 2.45. The minimum atomic E-state index is -0.0598. The zero-order chi connectivity index (χ0) is 16.4. The molecule has 1 aliphatic rings. The van der Waals surface area contributed by atoms with Gasteiger partial charge in [-0.15, -0.1) is 0 Å². The Balaban J connectivity index is 1.88. The van der Waals surface area contributed by atoms with Crippen molar-refractivity contribution in [3.05, 3.63) is 47.4 Å². The number of ether oxygens (including phenoxy) is 2. The molecule has 122 valence electrons. The average molecular weight is 315 g/mol. The van der Waals surface area contributed by atoms with Gasteiger partial charge in [0.2, 0.25) is 0 Å². The molecule has 1 amide bonds. The topological polar surface area (TPSA) is 51.9 Å². The zero-order valence-corrected chi connectivity index (χ0v) is 13.7. The lowest BCUT2D eigenvalue weighted by molar-refractivity contribution is 0.0701. The highest BCUT2D eigenvalue weighted by Gasteiger charge is 2.32. The van der Waals surface area contributed by atoms with Crippen LogP contribution in [0.15, 0.2) is 34.7 Å². The van der Waals surface area contributed by atoms with Gasteiger partial charge in [0.25, 0.3) is 5.91 Å². The molecule has 1 fully saturated rings. The number of hydrogen-bond acceptors (Lipinski definition) is 4. The van der Waals surface area contributed by atoms with Gasteiger partial charge in [0.05, 0.1) is 20.3 Å². The molecule has 5 nitrogen and oxygen atoms in total. The molecule has 23 heavy (non-hydrogen) atoms.